The molecule has 2 aromatic rings. The van der Waals surface area contributed by atoms with Gasteiger partial charge in [-0.1, -0.05) is 0 Å². The van der Waals surface area contributed by atoms with Gasteiger partial charge in [0.2, 0.25) is 0 Å². The summed E-state index contributed by atoms with van der Waals surface area (Å²) in [5, 5.41) is 9.43. The standard InChI is InChI=1S/C10H7BrN2O2S/c11-7-1-6(3-12-4-7)10-13-5-8(16-10)2-9(14)15/h1,3-5H,2H2,(H,14,15). The van der Waals surface area contributed by atoms with E-state index in [0.717, 1.165) is 19.9 Å². The molecule has 4 nitrogen and oxygen atoms in total. The molecule has 1 N–H and O–H groups in total. The summed E-state index contributed by atoms with van der Waals surface area (Å²) in [5.74, 6) is -0.845. The fourth-order valence-corrected chi connectivity index (χ4v) is 2.45. The monoisotopic (exact) mass is 298 g/mol. The van der Waals surface area contributed by atoms with Gasteiger partial charge in [0.05, 0.1) is 6.42 Å². The van der Waals surface area contributed by atoms with E-state index in [2.05, 4.69) is 25.9 Å². The zero-order chi connectivity index (χ0) is 11.5. The summed E-state index contributed by atoms with van der Waals surface area (Å²) in [7, 11) is 0. The predicted octanol–water partition coefficient (Wildman–Crippen LogP) is 2.59. The van der Waals surface area contributed by atoms with E-state index in [0.29, 0.717) is 0 Å². The van der Waals surface area contributed by atoms with Crippen molar-refractivity contribution in [2.45, 2.75) is 6.42 Å². The zero-order valence-electron chi connectivity index (χ0n) is 8.05. The van der Waals surface area contributed by atoms with Crippen molar-refractivity contribution in [3.63, 3.8) is 0 Å². The largest absolute Gasteiger partial charge is 0.481 e. The highest BCUT2D eigenvalue weighted by atomic mass is 79.9. The number of thiazole rings is 1. The summed E-state index contributed by atoms with van der Waals surface area (Å²) < 4.78 is 0.875. The third-order valence-electron chi connectivity index (χ3n) is 1.83. The lowest BCUT2D eigenvalue weighted by Gasteiger charge is -1.95. The number of hydrogen-bond donors (Lipinski definition) is 1. The third kappa shape index (κ3) is 2.65. The molecule has 6 heteroatoms. The second-order valence-corrected chi connectivity index (χ2v) is 5.12. The van der Waals surface area contributed by atoms with Gasteiger partial charge in [0.1, 0.15) is 5.01 Å². The highest BCUT2D eigenvalue weighted by Gasteiger charge is 2.08. The normalized spacial score (nSPS) is 10.3. The summed E-state index contributed by atoms with van der Waals surface area (Å²) in [5.41, 5.74) is 0.885. The Balaban J connectivity index is 2.28. The van der Waals surface area contributed by atoms with Crippen LogP contribution in [0.15, 0.2) is 29.1 Å². The number of carbonyl (C=O) groups is 1. The lowest BCUT2D eigenvalue weighted by atomic mass is 10.3. The first-order chi connectivity index (χ1) is 7.65. The van der Waals surface area contributed by atoms with Gasteiger partial charge < -0.3 is 5.11 Å². The number of carboxylic acids is 1. The van der Waals surface area contributed by atoms with Gasteiger partial charge in [0.25, 0.3) is 0 Å². The van der Waals surface area contributed by atoms with Crippen molar-refractivity contribution in [3.05, 3.63) is 34.0 Å². The number of pyridine rings is 1. The molecule has 2 rings (SSSR count). The fourth-order valence-electron chi connectivity index (χ4n) is 1.20. The second-order valence-electron chi connectivity index (χ2n) is 3.09. The second kappa shape index (κ2) is 4.71. The minimum absolute atomic E-state index is 0.0130. The highest BCUT2D eigenvalue weighted by Crippen LogP contribution is 2.26. The molecule has 0 saturated heterocycles. The molecular formula is C10H7BrN2O2S. The van der Waals surface area contributed by atoms with E-state index in [4.69, 9.17) is 5.11 Å². The Kier molecular flexibility index (Phi) is 3.31. The lowest BCUT2D eigenvalue weighted by Crippen LogP contribution is -1.97. The van der Waals surface area contributed by atoms with Crippen molar-refractivity contribution >= 4 is 33.2 Å². The van der Waals surface area contributed by atoms with Crippen LogP contribution in [0.5, 0.6) is 0 Å². The van der Waals surface area contributed by atoms with Crippen molar-refractivity contribution in [2.24, 2.45) is 0 Å². The SMILES string of the molecule is O=C(O)Cc1cnc(-c2cncc(Br)c2)s1. The van der Waals surface area contributed by atoms with Crippen LogP contribution < -0.4 is 0 Å². The van der Waals surface area contributed by atoms with Gasteiger partial charge in [-0.3, -0.25) is 9.78 Å². The number of carboxylic acid groups (broad SMARTS) is 1. The number of nitrogens with zero attached hydrogens (tertiary/aromatic N) is 2. The lowest BCUT2D eigenvalue weighted by molar-refractivity contribution is -0.136. The number of halogens is 1. The molecule has 0 spiro atoms. The van der Waals surface area contributed by atoms with E-state index in [1.807, 2.05) is 6.07 Å². The maximum absolute atomic E-state index is 10.5. The van der Waals surface area contributed by atoms with Crippen LogP contribution in [0.25, 0.3) is 10.6 Å². The molecule has 0 atom stereocenters. The molecule has 0 aliphatic rings. The van der Waals surface area contributed by atoms with Crippen LogP contribution in [-0.4, -0.2) is 21.0 Å². The van der Waals surface area contributed by atoms with Crippen LogP contribution >= 0.6 is 27.3 Å². The van der Waals surface area contributed by atoms with Gasteiger partial charge in [-0.15, -0.1) is 11.3 Å². The molecule has 0 aliphatic heterocycles. The molecule has 16 heavy (non-hydrogen) atoms. The van der Waals surface area contributed by atoms with Crippen molar-refractivity contribution in [1.82, 2.24) is 9.97 Å². The Morgan fingerprint density at radius 1 is 1.44 bits per heavy atom. The van der Waals surface area contributed by atoms with Crippen molar-refractivity contribution in [1.29, 1.82) is 0 Å². The average Bonchev–Trinajstić information content (AvgIpc) is 2.65. The van der Waals surface area contributed by atoms with E-state index in [-0.39, 0.29) is 6.42 Å². The third-order valence-corrected chi connectivity index (χ3v) is 3.31. The minimum Gasteiger partial charge on any atom is -0.481 e. The maximum atomic E-state index is 10.5. The zero-order valence-corrected chi connectivity index (χ0v) is 10.5. The average molecular weight is 299 g/mol. The minimum atomic E-state index is -0.845. The molecule has 0 aliphatic carbocycles. The van der Waals surface area contributed by atoms with Gasteiger partial charge in [-0.25, -0.2) is 4.98 Å². The van der Waals surface area contributed by atoms with E-state index in [9.17, 15) is 4.79 Å². The topological polar surface area (TPSA) is 63.1 Å². The van der Waals surface area contributed by atoms with Gasteiger partial charge in [0.15, 0.2) is 0 Å². The molecule has 0 unspecified atom stereocenters. The molecule has 0 bridgehead atoms. The van der Waals surface area contributed by atoms with Crippen LogP contribution in [0.2, 0.25) is 0 Å². The number of hydrogen-bond acceptors (Lipinski definition) is 4. The van der Waals surface area contributed by atoms with Crippen LogP contribution in [0.3, 0.4) is 0 Å². The summed E-state index contributed by atoms with van der Waals surface area (Å²) in [6.07, 6.45) is 5.00. The molecule has 2 heterocycles. The molecule has 0 aromatic carbocycles. The highest BCUT2D eigenvalue weighted by molar-refractivity contribution is 9.10. The number of aromatic nitrogens is 2. The van der Waals surface area contributed by atoms with Gasteiger partial charge in [-0.05, 0) is 22.0 Å². The summed E-state index contributed by atoms with van der Waals surface area (Å²) >= 11 is 4.70. The van der Waals surface area contributed by atoms with Crippen molar-refractivity contribution in [3.8, 4) is 10.6 Å². The predicted molar refractivity (Wildman–Crippen MR) is 64.4 cm³/mol. The van der Waals surface area contributed by atoms with E-state index in [1.54, 1.807) is 18.6 Å². The number of aliphatic carboxylic acids is 1. The first-order valence-electron chi connectivity index (χ1n) is 4.42. The molecule has 82 valence electrons. The Labute approximate surface area is 104 Å². The molecule has 0 fully saturated rings. The maximum Gasteiger partial charge on any atom is 0.308 e. The van der Waals surface area contributed by atoms with Crippen molar-refractivity contribution < 1.29 is 9.90 Å². The van der Waals surface area contributed by atoms with Gasteiger partial charge >= 0.3 is 5.97 Å². The molecule has 0 radical (unpaired) electrons. The van der Waals surface area contributed by atoms with Crippen molar-refractivity contribution in [2.75, 3.05) is 0 Å². The van der Waals surface area contributed by atoms with E-state index in [1.165, 1.54) is 11.3 Å². The number of rotatable bonds is 3. The van der Waals surface area contributed by atoms with Gasteiger partial charge in [-0.2, -0.15) is 0 Å². The van der Waals surface area contributed by atoms with Crippen LogP contribution in [0.4, 0.5) is 0 Å². The first-order valence-corrected chi connectivity index (χ1v) is 6.03. The van der Waals surface area contributed by atoms with Crippen LogP contribution in [0, 0.1) is 0 Å². The van der Waals surface area contributed by atoms with Crippen LogP contribution in [0.1, 0.15) is 4.88 Å². The Hall–Kier alpha value is -1.27. The molecule has 2 aromatic heterocycles. The Bertz CT molecular complexity index is 527. The molecule has 0 saturated carbocycles. The van der Waals surface area contributed by atoms with Gasteiger partial charge in [0, 0.05) is 33.5 Å². The smallest absolute Gasteiger partial charge is 0.308 e. The first kappa shape index (κ1) is 11.2. The summed E-state index contributed by atoms with van der Waals surface area (Å²) in [4.78, 5) is 19.5. The molecule has 0 amide bonds. The quantitative estimate of drug-likeness (QED) is 0.946. The van der Waals surface area contributed by atoms with Crippen LogP contribution in [-0.2, 0) is 11.2 Å². The summed E-state index contributed by atoms with van der Waals surface area (Å²) in [6.45, 7) is 0. The van der Waals surface area contributed by atoms with E-state index >= 15 is 0 Å². The molecular weight excluding hydrogens is 292 g/mol. The summed E-state index contributed by atoms with van der Waals surface area (Å²) in [6, 6.07) is 1.90. The fraction of sp³-hybridized carbons (Fsp3) is 0.100. The Morgan fingerprint density at radius 3 is 2.94 bits per heavy atom. The van der Waals surface area contributed by atoms with E-state index < -0.39 is 5.97 Å². The Morgan fingerprint density at radius 2 is 2.25 bits per heavy atom.